The smallest absolute Gasteiger partial charge is 0.382 e. The van der Waals surface area contributed by atoms with Crippen LogP contribution in [-0.2, 0) is 14.3 Å². The number of ether oxygens (including phenoxy) is 1. The lowest BCUT2D eigenvalue weighted by Crippen LogP contribution is -2.32. The highest BCUT2D eigenvalue weighted by atomic mass is 19.2. The van der Waals surface area contributed by atoms with Gasteiger partial charge in [-0.3, -0.25) is 4.79 Å². The van der Waals surface area contributed by atoms with Gasteiger partial charge in [-0.25, -0.2) is 4.79 Å². The first-order valence-corrected chi connectivity index (χ1v) is 2.69. The number of hydrogen-bond donors (Lipinski definition) is 1. The van der Waals surface area contributed by atoms with Crippen LogP contribution in [0.2, 0.25) is 0 Å². The van der Waals surface area contributed by atoms with E-state index in [4.69, 9.17) is 5.11 Å². The second kappa shape index (κ2) is 1.93. The molecule has 10 heavy (non-hydrogen) atoms. The minimum Gasteiger partial charge on any atom is -0.476 e. The van der Waals surface area contributed by atoms with Crippen molar-refractivity contribution in [2.75, 3.05) is 0 Å². The second-order valence-corrected chi connectivity index (χ2v) is 2.01. The number of carbonyl (C=O) groups excluding carboxylic acids is 1. The molecule has 1 atom stereocenters. The maximum absolute atomic E-state index is 12.6. The number of halogens is 1. The van der Waals surface area contributed by atoms with Gasteiger partial charge < -0.3 is 9.84 Å². The molecule has 0 aliphatic carbocycles. The summed E-state index contributed by atoms with van der Waals surface area (Å²) in [4.78, 5) is 20.3. The molecular formula is C5H5FO4. The molecule has 56 valence electrons. The van der Waals surface area contributed by atoms with Crippen molar-refractivity contribution in [1.29, 1.82) is 0 Å². The molecule has 1 N–H and O–H groups in total. The molecule has 0 aromatic carbocycles. The van der Waals surface area contributed by atoms with Crippen molar-refractivity contribution in [3.8, 4) is 0 Å². The fourth-order valence-electron chi connectivity index (χ4n) is 0.696. The summed E-state index contributed by atoms with van der Waals surface area (Å²) in [6.45, 7) is 0. The summed E-state index contributed by atoms with van der Waals surface area (Å²) < 4.78 is 16.5. The quantitative estimate of drug-likeness (QED) is 0.534. The van der Waals surface area contributed by atoms with Crippen molar-refractivity contribution in [3.05, 3.63) is 0 Å². The van der Waals surface area contributed by atoms with Gasteiger partial charge in [0.2, 0.25) is 0 Å². The Morgan fingerprint density at radius 3 is 2.60 bits per heavy atom. The van der Waals surface area contributed by atoms with Crippen LogP contribution in [-0.4, -0.2) is 22.9 Å². The van der Waals surface area contributed by atoms with Crippen molar-refractivity contribution in [2.24, 2.45) is 0 Å². The zero-order valence-electron chi connectivity index (χ0n) is 4.96. The van der Waals surface area contributed by atoms with E-state index >= 15 is 0 Å². The zero-order chi connectivity index (χ0) is 7.78. The van der Waals surface area contributed by atoms with Gasteiger partial charge in [-0.1, -0.05) is 0 Å². The fourth-order valence-corrected chi connectivity index (χ4v) is 0.696. The first kappa shape index (κ1) is 6.98. The molecule has 0 spiro atoms. The van der Waals surface area contributed by atoms with Gasteiger partial charge in [0.1, 0.15) is 0 Å². The van der Waals surface area contributed by atoms with Crippen LogP contribution in [0.25, 0.3) is 0 Å². The molecule has 1 heterocycles. The van der Waals surface area contributed by atoms with E-state index in [2.05, 4.69) is 4.74 Å². The lowest BCUT2D eigenvalue weighted by Gasteiger charge is -2.10. The van der Waals surface area contributed by atoms with Crippen molar-refractivity contribution in [3.63, 3.8) is 0 Å². The Morgan fingerprint density at radius 2 is 2.40 bits per heavy atom. The normalized spacial score (nSPS) is 31.9. The number of cyclic esters (lactones) is 1. The molecule has 0 bridgehead atoms. The Bertz CT molecular complexity index is 190. The summed E-state index contributed by atoms with van der Waals surface area (Å²) in [5.41, 5.74) is 0. The third-order valence-electron chi connectivity index (χ3n) is 1.25. The Hall–Kier alpha value is -1.13. The Kier molecular flexibility index (Phi) is 1.35. The third kappa shape index (κ3) is 0.940. The van der Waals surface area contributed by atoms with Gasteiger partial charge in [-0.05, 0) is 0 Å². The Labute approximate surface area is 55.6 Å². The lowest BCUT2D eigenvalue weighted by atomic mass is 10.2. The molecule has 0 aromatic heterocycles. The number of rotatable bonds is 1. The predicted octanol–water partition coefficient (Wildman–Crippen LogP) is 0.0738. The minimum absolute atomic E-state index is 0.164. The van der Waals surface area contributed by atoms with Crippen LogP contribution in [0.3, 0.4) is 0 Å². The van der Waals surface area contributed by atoms with Gasteiger partial charge in [-0.2, -0.15) is 4.39 Å². The molecular weight excluding hydrogens is 143 g/mol. The highest BCUT2D eigenvalue weighted by molar-refractivity contribution is 5.83. The summed E-state index contributed by atoms with van der Waals surface area (Å²) in [5, 5.41) is 8.14. The molecule has 1 aliphatic rings. The van der Waals surface area contributed by atoms with E-state index in [9.17, 15) is 14.0 Å². The first-order valence-electron chi connectivity index (χ1n) is 2.69. The second-order valence-electron chi connectivity index (χ2n) is 2.01. The number of esters is 1. The van der Waals surface area contributed by atoms with Gasteiger partial charge in [0.25, 0.3) is 0 Å². The van der Waals surface area contributed by atoms with E-state index < -0.39 is 17.8 Å². The molecule has 5 heteroatoms. The van der Waals surface area contributed by atoms with Crippen molar-refractivity contribution in [2.45, 2.75) is 18.7 Å². The zero-order valence-corrected chi connectivity index (χ0v) is 4.96. The van der Waals surface area contributed by atoms with E-state index in [0.717, 1.165) is 0 Å². The largest absolute Gasteiger partial charge is 0.476 e. The molecule has 1 saturated heterocycles. The number of carboxylic acids is 1. The molecule has 0 radical (unpaired) electrons. The van der Waals surface area contributed by atoms with E-state index in [0.29, 0.717) is 0 Å². The molecule has 4 nitrogen and oxygen atoms in total. The van der Waals surface area contributed by atoms with E-state index in [-0.39, 0.29) is 12.8 Å². The molecule has 0 aromatic rings. The number of carbonyl (C=O) groups is 2. The van der Waals surface area contributed by atoms with Gasteiger partial charge in [0.15, 0.2) is 0 Å². The third-order valence-corrected chi connectivity index (χ3v) is 1.25. The summed E-state index contributed by atoms with van der Waals surface area (Å²) >= 11 is 0. The Morgan fingerprint density at radius 1 is 1.80 bits per heavy atom. The molecule has 1 fully saturated rings. The molecule has 1 aliphatic heterocycles. The summed E-state index contributed by atoms with van der Waals surface area (Å²) in [7, 11) is 0. The average Bonchev–Trinajstić information content (AvgIpc) is 2.13. The highest BCUT2D eigenvalue weighted by Gasteiger charge is 2.48. The number of hydrogen-bond acceptors (Lipinski definition) is 3. The lowest BCUT2D eigenvalue weighted by molar-refractivity contribution is -0.189. The number of aliphatic carboxylic acids is 1. The van der Waals surface area contributed by atoms with Crippen LogP contribution < -0.4 is 0 Å². The van der Waals surface area contributed by atoms with Crippen LogP contribution in [0.4, 0.5) is 4.39 Å². The summed E-state index contributed by atoms with van der Waals surface area (Å²) in [5.74, 6) is -5.31. The van der Waals surface area contributed by atoms with Crippen LogP contribution in [0.15, 0.2) is 0 Å². The Balaban J connectivity index is 2.72. The van der Waals surface area contributed by atoms with E-state index in [1.54, 1.807) is 0 Å². The topological polar surface area (TPSA) is 63.6 Å². The molecule has 0 amide bonds. The van der Waals surface area contributed by atoms with Crippen LogP contribution in [0.1, 0.15) is 12.8 Å². The van der Waals surface area contributed by atoms with Gasteiger partial charge in [0, 0.05) is 6.42 Å². The van der Waals surface area contributed by atoms with Gasteiger partial charge in [-0.15, -0.1) is 0 Å². The SMILES string of the molecule is O=C1CCC(F)(C(=O)O)O1. The minimum atomic E-state index is -2.77. The molecule has 0 saturated carbocycles. The van der Waals surface area contributed by atoms with Crippen LogP contribution in [0, 0.1) is 0 Å². The summed E-state index contributed by atoms with van der Waals surface area (Å²) in [6, 6.07) is 0. The van der Waals surface area contributed by atoms with Crippen molar-refractivity contribution >= 4 is 11.9 Å². The monoisotopic (exact) mass is 148 g/mol. The van der Waals surface area contributed by atoms with Crippen LogP contribution >= 0.6 is 0 Å². The number of alkyl halides is 1. The number of carboxylic acid groups (broad SMARTS) is 1. The van der Waals surface area contributed by atoms with Crippen LogP contribution in [0.5, 0.6) is 0 Å². The van der Waals surface area contributed by atoms with Crippen molar-refractivity contribution < 1.29 is 23.8 Å². The maximum atomic E-state index is 12.6. The van der Waals surface area contributed by atoms with E-state index in [1.807, 2.05) is 0 Å². The van der Waals surface area contributed by atoms with Crippen molar-refractivity contribution in [1.82, 2.24) is 0 Å². The summed E-state index contributed by atoms with van der Waals surface area (Å²) in [6.07, 6.45) is -0.552. The average molecular weight is 148 g/mol. The molecule has 1 unspecified atom stereocenters. The molecule has 1 rings (SSSR count). The predicted molar refractivity (Wildman–Crippen MR) is 26.8 cm³/mol. The first-order chi connectivity index (χ1) is 4.54. The van der Waals surface area contributed by atoms with Gasteiger partial charge >= 0.3 is 17.8 Å². The highest BCUT2D eigenvalue weighted by Crippen LogP contribution is 2.27. The standard InChI is InChI=1S/C5H5FO4/c6-5(4(8)9)2-1-3(7)10-5/h1-2H2,(H,8,9). The van der Waals surface area contributed by atoms with E-state index in [1.165, 1.54) is 0 Å². The fraction of sp³-hybridized carbons (Fsp3) is 0.600. The van der Waals surface area contributed by atoms with Gasteiger partial charge in [0.05, 0.1) is 6.42 Å². The maximum Gasteiger partial charge on any atom is 0.382 e.